The summed E-state index contributed by atoms with van der Waals surface area (Å²) in [6.07, 6.45) is 10.4. The van der Waals surface area contributed by atoms with Gasteiger partial charge in [-0.05, 0) is 116 Å². The number of rotatable bonds is 2. The normalized spacial score (nSPS) is 44.7. The highest BCUT2D eigenvalue weighted by atomic mass is 16.3. The average Bonchev–Trinajstić information content (AvgIpc) is 3.16. The minimum atomic E-state index is -0.467. The number of ketones is 1. The van der Waals surface area contributed by atoms with Crippen molar-refractivity contribution < 1.29 is 9.90 Å². The lowest BCUT2D eigenvalue weighted by atomic mass is 9.44. The van der Waals surface area contributed by atoms with E-state index in [0.717, 1.165) is 36.7 Å². The molecule has 0 bridgehead atoms. The van der Waals surface area contributed by atoms with Crippen LogP contribution in [0.4, 0.5) is 0 Å². The molecule has 4 fully saturated rings. The Hall–Kier alpha value is -1.67. The Morgan fingerprint density at radius 2 is 1.58 bits per heavy atom. The molecular weight excluding hydrogens is 404 g/mol. The molecule has 0 radical (unpaired) electrons. The number of Topliss-reactive ketones (excluding diaryl/α,β-unsaturated/α-hetero) is 1. The van der Waals surface area contributed by atoms with Crippen LogP contribution in [-0.4, -0.2) is 16.5 Å². The Bertz CT molecular complexity index is 1090. The van der Waals surface area contributed by atoms with Crippen molar-refractivity contribution >= 4 is 16.6 Å². The fourth-order valence-corrected chi connectivity index (χ4v) is 9.41. The van der Waals surface area contributed by atoms with Crippen LogP contribution in [0.25, 0.3) is 10.8 Å². The maximum absolute atomic E-state index is 13.8. The van der Waals surface area contributed by atoms with Crippen LogP contribution in [0.3, 0.4) is 0 Å². The van der Waals surface area contributed by atoms with Crippen LogP contribution in [0, 0.1) is 40.4 Å². The van der Waals surface area contributed by atoms with Crippen LogP contribution in [-0.2, 0) is 0 Å². The van der Waals surface area contributed by atoms with Gasteiger partial charge in [0.25, 0.3) is 0 Å². The third kappa shape index (κ3) is 3.27. The largest absolute Gasteiger partial charge is 0.390 e. The van der Waals surface area contributed by atoms with Crippen LogP contribution >= 0.6 is 0 Å². The van der Waals surface area contributed by atoms with Gasteiger partial charge in [-0.1, -0.05) is 50.2 Å². The Kier molecular flexibility index (Phi) is 4.90. The van der Waals surface area contributed by atoms with Gasteiger partial charge in [0, 0.05) is 11.5 Å². The molecule has 6 rings (SSSR count). The molecule has 4 aliphatic carbocycles. The highest BCUT2D eigenvalue weighted by Crippen LogP contribution is 2.68. The fourth-order valence-electron chi connectivity index (χ4n) is 9.41. The standard InChI is InChI=1S/C31H40O2/c1-29(33)16-17-30(2)23(19-29)10-11-24-25-12-13-27(31(25,3)15-14-26(24)30)28(32)22-9-8-20-6-4-5-7-21(20)18-22/h4-9,18,23-27,33H,10-17,19H2,1-3H3/t23-,24+,25+,26+,27-,29-,30+,31+/m1/s1. The first-order valence-electron chi connectivity index (χ1n) is 13.5. The van der Waals surface area contributed by atoms with Crippen LogP contribution in [0.5, 0.6) is 0 Å². The molecule has 0 heterocycles. The smallest absolute Gasteiger partial charge is 0.166 e. The van der Waals surface area contributed by atoms with Crippen molar-refractivity contribution in [2.75, 3.05) is 0 Å². The number of hydrogen-bond acceptors (Lipinski definition) is 2. The van der Waals surface area contributed by atoms with E-state index in [1.165, 1.54) is 49.3 Å². The molecule has 0 aliphatic heterocycles. The number of aliphatic hydroxyl groups is 1. The fraction of sp³-hybridized carbons (Fsp3) is 0.645. The van der Waals surface area contributed by atoms with Gasteiger partial charge in [0.1, 0.15) is 0 Å². The zero-order chi connectivity index (χ0) is 23.0. The summed E-state index contributed by atoms with van der Waals surface area (Å²) in [5.41, 5.74) is 0.971. The van der Waals surface area contributed by atoms with E-state index < -0.39 is 5.60 Å². The zero-order valence-corrected chi connectivity index (χ0v) is 20.6. The maximum Gasteiger partial charge on any atom is 0.166 e. The molecule has 2 aromatic carbocycles. The predicted octanol–water partition coefficient (Wildman–Crippen LogP) is 7.43. The molecule has 4 aliphatic rings. The second-order valence-electron chi connectivity index (χ2n) is 13.0. The monoisotopic (exact) mass is 444 g/mol. The summed E-state index contributed by atoms with van der Waals surface area (Å²) >= 11 is 0. The van der Waals surface area contributed by atoms with Gasteiger partial charge in [0.2, 0.25) is 0 Å². The molecule has 1 N–H and O–H groups in total. The van der Waals surface area contributed by atoms with Crippen molar-refractivity contribution in [1.29, 1.82) is 0 Å². The van der Waals surface area contributed by atoms with E-state index in [0.29, 0.717) is 23.0 Å². The van der Waals surface area contributed by atoms with Crippen molar-refractivity contribution in [2.45, 2.75) is 84.2 Å². The summed E-state index contributed by atoms with van der Waals surface area (Å²) < 4.78 is 0. The molecule has 4 saturated carbocycles. The topological polar surface area (TPSA) is 37.3 Å². The highest BCUT2D eigenvalue weighted by Gasteiger charge is 2.61. The Morgan fingerprint density at radius 1 is 0.818 bits per heavy atom. The van der Waals surface area contributed by atoms with Crippen LogP contribution < -0.4 is 0 Å². The number of benzene rings is 2. The maximum atomic E-state index is 13.8. The molecule has 0 spiro atoms. The zero-order valence-electron chi connectivity index (χ0n) is 20.6. The number of carbonyl (C=O) groups excluding carboxylic acids is 1. The van der Waals surface area contributed by atoms with E-state index in [2.05, 4.69) is 63.2 Å². The molecule has 0 amide bonds. The number of carbonyl (C=O) groups is 1. The molecule has 2 heteroatoms. The summed E-state index contributed by atoms with van der Waals surface area (Å²) in [5.74, 6) is 3.46. The van der Waals surface area contributed by atoms with E-state index in [-0.39, 0.29) is 11.3 Å². The van der Waals surface area contributed by atoms with Gasteiger partial charge in [-0.15, -0.1) is 0 Å². The van der Waals surface area contributed by atoms with Crippen LogP contribution in [0.2, 0.25) is 0 Å². The highest BCUT2D eigenvalue weighted by molar-refractivity contribution is 6.01. The minimum absolute atomic E-state index is 0.146. The molecule has 176 valence electrons. The predicted molar refractivity (Wildman–Crippen MR) is 134 cm³/mol. The van der Waals surface area contributed by atoms with Crippen molar-refractivity contribution in [3.63, 3.8) is 0 Å². The van der Waals surface area contributed by atoms with E-state index in [1.54, 1.807) is 0 Å². The third-order valence-electron chi connectivity index (χ3n) is 11.3. The molecule has 0 saturated heterocycles. The number of fused-ring (bicyclic) bond motifs is 6. The van der Waals surface area contributed by atoms with E-state index in [1.807, 2.05) is 0 Å². The summed E-state index contributed by atoms with van der Waals surface area (Å²) in [6.45, 7) is 7.07. The Morgan fingerprint density at radius 3 is 2.39 bits per heavy atom. The summed E-state index contributed by atoms with van der Waals surface area (Å²) in [6, 6.07) is 14.7. The Balaban J connectivity index is 1.26. The summed E-state index contributed by atoms with van der Waals surface area (Å²) in [7, 11) is 0. The van der Waals surface area contributed by atoms with E-state index in [9.17, 15) is 9.90 Å². The molecule has 8 atom stereocenters. The molecular formula is C31H40O2. The van der Waals surface area contributed by atoms with E-state index in [4.69, 9.17) is 0 Å². The van der Waals surface area contributed by atoms with Crippen LogP contribution in [0.1, 0.15) is 88.9 Å². The first kappa shape index (κ1) is 21.8. The van der Waals surface area contributed by atoms with Gasteiger partial charge in [0.15, 0.2) is 5.78 Å². The molecule has 0 unspecified atom stereocenters. The lowest BCUT2D eigenvalue weighted by molar-refractivity contribution is -0.144. The number of hydrogen-bond donors (Lipinski definition) is 1. The van der Waals surface area contributed by atoms with Gasteiger partial charge in [0.05, 0.1) is 5.60 Å². The Labute approximate surface area is 199 Å². The molecule has 0 aromatic heterocycles. The quantitative estimate of drug-likeness (QED) is 0.489. The van der Waals surface area contributed by atoms with Gasteiger partial charge in [-0.2, -0.15) is 0 Å². The molecule has 2 aromatic rings. The van der Waals surface area contributed by atoms with Crippen molar-refractivity contribution in [3.05, 3.63) is 48.0 Å². The van der Waals surface area contributed by atoms with Gasteiger partial charge >= 0.3 is 0 Å². The lowest BCUT2D eigenvalue weighted by Crippen LogP contribution is -2.55. The van der Waals surface area contributed by atoms with Crippen molar-refractivity contribution in [2.24, 2.45) is 40.4 Å². The second kappa shape index (κ2) is 7.41. The van der Waals surface area contributed by atoms with Crippen LogP contribution in [0.15, 0.2) is 42.5 Å². The second-order valence-corrected chi connectivity index (χ2v) is 13.0. The van der Waals surface area contributed by atoms with E-state index >= 15 is 0 Å². The van der Waals surface area contributed by atoms with Gasteiger partial charge in [-0.3, -0.25) is 4.79 Å². The van der Waals surface area contributed by atoms with Crippen molar-refractivity contribution in [1.82, 2.24) is 0 Å². The minimum Gasteiger partial charge on any atom is -0.390 e. The lowest BCUT2D eigenvalue weighted by Gasteiger charge is -2.61. The van der Waals surface area contributed by atoms with Gasteiger partial charge in [-0.25, -0.2) is 0 Å². The molecule has 33 heavy (non-hydrogen) atoms. The third-order valence-corrected chi connectivity index (χ3v) is 11.3. The molecule has 2 nitrogen and oxygen atoms in total. The first-order chi connectivity index (χ1) is 15.7. The van der Waals surface area contributed by atoms with Crippen molar-refractivity contribution in [3.8, 4) is 0 Å². The SMILES string of the molecule is C[C@@]1(O)CC[C@@]2(C)[C@H](CC[C@@H]3[C@@H]2CC[C@]2(C)[C@@H](C(=O)c4ccc5ccccc5c4)CC[C@@H]32)C1. The summed E-state index contributed by atoms with van der Waals surface area (Å²) in [4.78, 5) is 13.8. The average molecular weight is 445 g/mol. The summed E-state index contributed by atoms with van der Waals surface area (Å²) in [5, 5.41) is 13.1. The van der Waals surface area contributed by atoms with Gasteiger partial charge < -0.3 is 5.11 Å². The first-order valence-corrected chi connectivity index (χ1v) is 13.5.